The average Bonchev–Trinajstić information content (AvgIpc) is 2.67. The van der Waals surface area contributed by atoms with Crippen LogP contribution in [0.5, 0.6) is 0 Å². The lowest BCUT2D eigenvalue weighted by molar-refractivity contribution is -0.131. The van der Waals surface area contributed by atoms with Gasteiger partial charge in [-0.2, -0.15) is 0 Å². The molecule has 130 valence electrons. The highest BCUT2D eigenvalue weighted by molar-refractivity contribution is 8.04. The Balaban J connectivity index is 2.30. The molecule has 0 heterocycles. The summed E-state index contributed by atoms with van der Waals surface area (Å²) in [6.07, 6.45) is 1.27. The molecule has 3 aromatic carbocycles. The van der Waals surface area contributed by atoms with Crippen LogP contribution in [0.3, 0.4) is 0 Å². The van der Waals surface area contributed by atoms with E-state index in [2.05, 4.69) is 36.4 Å². The van der Waals surface area contributed by atoms with E-state index in [4.69, 9.17) is 0 Å². The highest BCUT2D eigenvalue weighted by Gasteiger charge is 2.37. The van der Waals surface area contributed by atoms with E-state index in [1.165, 1.54) is 6.08 Å². The van der Waals surface area contributed by atoms with E-state index in [0.29, 0.717) is 0 Å². The molecule has 0 aliphatic heterocycles. The minimum Gasteiger partial charge on any atom is -0.478 e. The predicted octanol–water partition coefficient (Wildman–Crippen LogP) is 5.70. The number of allylic oxidation sites excluding steroid dienone is 1. The van der Waals surface area contributed by atoms with Crippen LogP contribution >= 0.6 is 11.8 Å². The van der Waals surface area contributed by atoms with Crippen molar-refractivity contribution < 1.29 is 9.90 Å². The summed E-state index contributed by atoms with van der Waals surface area (Å²) in [4.78, 5) is 12.0. The van der Waals surface area contributed by atoms with E-state index < -0.39 is 10.7 Å². The van der Waals surface area contributed by atoms with Crippen LogP contribution in [0.4, 0.5) is 0 Å². The number of rotatable bonds is 6. The van der Waals surface area contributed by atoms with Crippen LogP contribution in [0, 0.1) is 0 Å². The van der Waals surface area contributed by atoms with Crippen LogP contribution in [-0.2, 0) is 9.54 Å². The first kappa shape index (κ1) is 18.0. The summed E-state index contributed by atoms with van der Waals surface area (Å²) >= 11 is 1.56. The number of hydrogen-bond donors (Lipinski definition) is 1. The fourth-order valence-corrected chi connectivity index (χ4v) is 4.54. The van der Waals surface area contributed by atoms with Gasteiger partial charge >= 0.3 is 5.97 Å². The third-order valence-corrected chi connectivity index (χ3v) is 5.63. The van der Waals surface area contributed by atoms with Crippen molar-refractivity contribution in [1.29, 1.82) is 0 Å². The lowest BCUT2D eigenvalue weighted by atomic mass is 9.84. The molecule has 3 rings (SSSR count). The molecule has 0 spiro atoms. The molecule has 0 fully saturated rings. The van der Waals surface area contributed by atoms with E-state index >= 15 is 0 Å². The second-order valence-electron chi connectivity index (χ2n) is 5.97. The quantitative estimate of drug-likeness (QED) is 0.452. The van der Waals surface area contributed by atoms with E-state index in [1.54, 1.807) is 11.8 Å². The Morgan fingerprint density at radius 3 is 1.42 bits per heavy atom. The second-order valence-corrected chi connectivity index (χ2v) is 7.43. The van der Waals surface area contributed by atoms with Crippen LogP contribution in [0.2, 0.25) is 0 Å². The van der Waals surface area contributed by atoms with Crippen LogP contribution < -0.4 is 0 Å². The summed E-state index contributed by atoms with van der Waals surface area (Å²) in [5.74, 6) is -0.932. The van der Waals surface area contributed by atoms with Crippen molar-refractivity contribution in [2.24, 2.45) is 0 Å². The molecule has 0 aliphatic rings. The van der Waals surface area contributed by atoms with Crippen molar-refractivity contribution in [2.75, 3.05) is 0 Å². The third kappa shape index (κ3) is 3.73. The minimum atomic E-state index is -0.932. The van der Waals surface area contributed by atoms with Crippen molar-refractivity contribution in [3.63, 3.8) is 0 Å². The maximum atomic E-state index is 11.2. The van der Waals surface area contributed by atoms with Crippen LogP contribution in [0.25, 0.3) is 0 Å². The van der Waals surface area contributed by atoms with Gasteiger partial charge in [0.15, 0.2) is 0 Å². The van der Waals surface area contributed by atoms with Gasteiger partial charge in [-0.15, -0.1) is 11.8 Å². The second kappa shape index (κ2) is 8.07. The van der Waals surface area contributed by atoms with E-state index in [-0.39, 0.29) is 0 Å². The molecule has 26 heavy (non-hydrogen) atoms. The fourth-order valence-electron chi connectivity index (χ4n) is 3.14. The van der Waals surface area contributed by atoms with Gasteiger partial charge in [-0.25, -0.2) is 4.79 Å². The van der Waals surface area contributed by atoms with Crippen molar-refractivity contribution in [3.8, 4) is 0 Å². The highest BCUT2D eigenvalue weighted by Crippen LogP contribution is 2.51. The monoisotopic (exact) mass is 360 g/mol. The zero-order valence-electron chi connectivity index (χ0n) is 14.5. The Hall–Kier alpha value is -2.78. The number of hydrogen-bond acceptors (Lipinski definition) is 2. The SMILES string of the molecule is C/C(=C/C(=O)O)SC(c1ccccc1)(c1ccccc1)c1ccccc1. The van der Waals surface area contributed by atoms with Gasteiger partial charge in [0.2, 0.25) is 0 Å². The molecule has 0 unspecified atom stereocenters. The first-order valence-electron chi connectivity index (χ1n) is 8.40. The molecule has 0 radical (unpaired) electrons. The molecule has 3 heteroatoms. The smallest absolute Gasteiger partial charge is 0.329 e. The molecule has 0 atom stereocenters. The number of carbonyl (C=O) groups is 1. The van der Waals surface area contributed by atoms with Gasteiger partial charge < -0.3 is 5.11 Å². The molecule has 2 nitrogen and oxygen atoms in total. The standard InChI is InChI=1S/C23H20O2S/c1-18(17-22(24)25)26-23(19-11-5-2-6-12-19,20-13-7-3-8-14-20)21-15-9-4-10-16-21/h2-17H,1H3,(H,24,25)/b18-17-. The Bertz CT molecular complexity index is 791. The molecule has 3 aromatic rings. The fraction of sp³-hybridized carbons (Fsp3) is 0.0870. The minimum absolute atomic E-state index is 0.528. The normalized spacial score (nSPS) is 12.0. The molecule has 0 aromatic heterocycles. The number of aliphatic carboxylic acids is 1. The van der Waals surface area contributed by atoms with Gasteiger partial charge in [-0.3, -0.25) is 0 Å². The Labute approximate surface area is 158 Å². The molecule has 0 bridgehead atoms. The molecule has 0 amide bonds. The van der Waals surface area contributed by atoms with Gasteiger partial charge in [0.1, 0.15) is 0 Å². The topological polar surface area (TPSA) is 37.3 Å². The lowest BCUT2D eigenvalue weighted by Crippen LogP contribution is -2.25. The predicted molar refractivity (Wildman–Crippen MR) is 108 cm³/mol. The van der Waals surface area contributed by atoms with Crippen molar-refractivity contribution in [3.05, 3.63) is 119 Å². The molecular formula is C23H20O2S. The summed E-state index contributed by atoms with van der Waals surface area (Å²) in [7, 11) is 0. The zero-order valence-corrected chi connectivity index (χ0v) is 15.3. The van der Waals surface area contributed by atoms with Crippen LogP contribution in [0.15, 0.2) is 102 Å². The first-order chi connectivity index (χ1) is 12.6. The summed E-state index contributed by atoms with van der Waals surface area (Å²) in [6.45, 7) is 1.85. The summed E-state index contributed by atoms with van der Waals surface area (Å²) in [6, 6.07) is 30.7. The largest absolute Gasteiger partial charge is 0.478 e. The van der Waals surface area contributed by atoms with E-state index in [1.807, 2.05) is 61.5 Å². The van der Waals surface area contributed by atoms with Gasteiger partial charge in [0.25, 0.3) is 0 Å². The summed E-state index contributed by atoms with van der Waals surface area (Å²) in [5, 5.41) is 9.20. The van der Waals surface area contributed by atoms with Crippen LogP contribution in [0.1, 0.15) is 23.6 Å². The number of thioether (sulfide) groups is 1. The van der Waals surface area contributed by atoms with Gasteiger partial charge in [-0.1, -0.05) is 91.0 Å². The summed E-state index contributed by atoms with van der Waals surface area (Å²) in [5.41, 5.74) is 3.33. The number of carboxylic acid groups (broad SMARTS) is 1. The Morgan fingerprint density at radius 1 is 0.769 bits per heavy atom. The molecule has 0 saturated carbocycles. The molecule has 0 aliphatic carbocycles. The number of benzene rings is 3. The molecule has 0 saturated heterocycles. The van der Waals surface area contributed by atoms with Crippen molar-refractivity contribution in [1.82, 2.24) is 0 Å². The first-order valence-corrected chi connectivity index (χ1v) is 9.21. The number of carboxylic acids is 1. The third-order valence-electron chi connectivity index (χ3n) is 4.18. The van der Waals surface area contributed by atoms with Gasteiger partial charge in [0, 0.05) is 6.08 Å². The molecule has 1 N–H and O–H groups in total. The van der Waals surface area contributed by atoms with Crippen molar-refractivity contribution in [2.45, 2.75) is 11.7 Å². The summed E-state index contributed by atoms with van der Waals surface area (Å²) < 4.78 is -0.528. The highest BCUT2D eigenvalue weighted by atomic mass is 32.2. The van der Waals surface area contributed by atoms with E-state index in [0.717, 1.165) is 21.6 Å². The van der Waals surface area contributed by atoms with Crippen molar-refractivity contribution >= 4 is 17.7 Å². The van der Waals surface area contributed by atoms with Gasteiger partial charge in [0.05, 0.1) is 4.75 Å². The lowest BCUT2D eigenvalue weighted by Gasteiger charge is -2.35. The Morgan fingerprint density at radius 2 is 1.12 bits per heavy atom. The van der Waals surface area contributed by atoms with E-state index in [9.17, 15) is 9.90 Å². The van der Waals surface area contributed by atoms with Gasteiger partial charge in [-0.05, 0) is 28.5 Å². The maximum Gasteiger partial charge on any atom is 0.329 e. The molecular weight excluding hydrogens is 340 g/mol. The van der Waals surface area contributed by atoms with Crippen LogP contribution in [-0.4, -0.2) is 11.1 Å². The zero-order chi connectivity index (χ0) is 18.4. The Kier molecular flexibility index (Phi) is 5.59. The average molecular weight is 360 g/mol. The maximum absolute atomic E-state index is 11.2.